The molecule has 1 aliphatic rings. The molecule has 2 heterocycles. The summed E-state index contributed by atoms with van der Waals surface area (Å²) in [5.74, 6) is 2.52. The van der Waals surface area contributed by atoms with Gasteiger partial charge in [-0.25, -0.2) is 4.68 Å². The number of nitrogens with zero attached hydrogens (tertiary/aromatic N) is 3. The number of hydrogen-bond acceptors (Lipinski definition) is 4. The molecular weight excluding hydrogens is 306 g/mol. The first kappa shape index (κ1) is 12.8. The van der Waals surface area contributed by atoms with Gasteiger partial charge in [0.1, 0.15) is 4.47 Å². The van der Waals surface area contributed by atoms with Crippen molar-refractivity contribution in [3.05, 3.63) is 10.2 Å². The second kappa shape index (κ2) is 5.30. The number of thioether (sulfide) groups is 1. The van der Waals surface area contributed by atoms with E-state index in [9.17, 15) is 4.79 Å². The van der Waals surface area contributed by atoms with Crippen LogP contribution in [0.25, 0.3) is 0 Å². The molecule has 1 aliphatic heterocycles. The summed E-state index contributed by atoms with van der Waals surface area (Å²) in [6, 6.07) is 0. The standard InChI is InChI=1S/C10H14BrN3O2S/c1-13-10(16-2)7(11)8(12-13)9(15)14-3-5-17-6-4-14/h3-6H2,1-2H3. The predicted molar refractivity (Wildman–Crippen MR) is 70.7 cm³/mol. The Morgan fingerprint density at radius 3 is 2.65 bits per heavy atom. The Bertz CT molecular complexity index is 429. The number of carbonyl (C=O) groups excluding carboxylic acids is 1. The number of aryl methyl sites for hydroxylation is 1. The summed E-state index contributed by atoms with van der Waals surface area (Å²) in [5.41, 5.74) is 0.427. The van der Waals surface area contributed by atoms with Crippen molar-refractivity contribution in [1.82, 2.24) is 14.7 Å². The van der Waals surface area contributed by atoms with Gasteiger partial charge in [0.25, 0.3) is 5.91 Å². The Labute approximate surface area is 113 Å². The molecule has 1 saturated heterocycles. The molecule has 7 heteroatoms. The van der Waals surface area contributed by atoms with Gasteiger partial charge < -0.3 is 9.64 Å². The lowest BCUT2D eigenvalue weighted by molar-refractivity contribution is 0.0764. The van der Waals surface area contributed by atoms with E-state index in [-0.39, 0.29) is 5.91 Å². The first-order chi connectivity index (χ1) is 8.15. The van der Waals surface area contributed by atoms with Crippen LogP contribution in [-0.2, 0) is 7.05 Å². The van der Waals surface area contributed by atoms with Gasteiger partial charge in [0.2, 0.25) is 5.88 Å². The van der Waals surface area contributed by atoms with Gasteiger partial charge in [-0.1, -0.05) is 0 Å². The molecule has 0 atom stereocenters. The van der Waals surface area contributed by atoms with Gasteiger partial charge in [-0.15, -0.1) is 0 Å². The molecule has 1 fully saturated rings. The van der Waals surface area contributed by atoms with Crippen LogP contribution in [0.5, 0.6) is 5.88 Å². The number of halogens is 1. The number of amides is 1. The van der Waals surface area contributed by atoms with Gasteiger partial charge in [0.05, 0.1) is 7.11 Å². The third kappa shape index (κ3) is 2.44. The van der Waals surface area contributed by atoms with E-state index in [4.69, 9.17) is 4.74 Å². The minimum absolute atomic E-state index is 0.0314. The van der Waals surface area contributed by atoms with Gasteiger partial charge in [-0.05, 0) is 15.9 Å². The fourth-order valence-corrected chi connectivity index (χ4v) is 3.33. The summed E-state index contributed by atoms with van der Waals surface area (Å²) in [4.78, 5) is 14.1. The molecule has 94 valence electrons. The van der Waals surface area contributed by atoms with Crippen molar-refractivity contribution in [2.75, 3.05) is 31.7 Å². The number of methoxy groups -OCH3 is 1. The lowest BCUT2D eigenvalue weighted by Crippen LogP contribution is -2.38. The minimum atomic E-state index is -0.0314. The van der Waals surface area contributed by atoms with Crippen LogP contribution in [-0.4, -0.2) is 52.3 Å². The van der Waals surface area contributed by atoms with Crippen LogP contribution in [0.3, 0.4) is 0 Å². The van der Waals surface area contributed by atoms with Gasteiger partial charge in [-0.3, -0.25) is 4.79 Å². The summed E-state index contributed by atoms with van der Waals surface area (Å²) in [5, 5.41) is 4.20. The quantitative estimate of drug-likeness (QED) is 0.826. The Morgan fingerprint density at radius 1 is 1.47 bits per heavy atom. The number of hydrogen-bond donors (Lipinski definition) is 0. The smallest absolute Gasteiger partial charge is 0.275 e. The van der Waals surface area contributed by atoms with E-state index in [1.807, 2.05) is 16.7 Å². The second-order valence-corrected chi connectivity index (χ2v) is 5.72. The zero-order valence-electron chi connectivity index (χ0n) is 9.77. The summed E-state index contributed by atoms with van der Waals surface area (Å²) in [7, 11) is 3.32. The van der Waals surface area contributed by atoms with E-state index in [0.717, 1.165) is 24.6 Å². The van der Waals surface area contributed by atoms with Crippen molar-refractivity contribution in [3.8, 4) is 5.88 Å². The average molecular weight is 320 g/mol. The topological polar surface area (TPSA) is 47.4 Å². The number of rotatable bonds is 2. The van der Waals surface area contributed by atoms with E-state index in [1.54, 1.807) is 18.8 Å². The van der Waals surface area contributed by atoms with Crippen molar-refractivity contribution < 1.29 is 9.53 Å². The van der Waals surface area contributed by atoms with E-state index >= 15 is 0 Å². The van der Waals surface area contributed by atoms with E-state index in [2.05, 4.69) is 21.0 Å². The Kier molecular flexibility index (Phi) is 3.98. The highest BCUT2D eigenvalue weighted by atomic mass is 79.9. The molecule has 0 aromatic carbocycles. The fraction of sp³-hybridized carbons (Fsp3) is 0.600. The first-order valence-electron chi connectivity index (χ1n) is 5.28. The van der Waals surface area contributed by atoms with Crippen molar-refractivity contribution in [2.24, 2.45) is 7.05 Å². The molecule has 1 amide bonds. The molecule has 0 unspecified atom stereocenters. The van der Waals surface area contributed by atoms with Gasteiger partial charge in [0.15, 0.2) is 5.69 Å². The van der Waals surface area contributed by atoms with Gasteiger partial charge in [0, 0.05) is 31.6 Å². The summed E-state index contributed by atoms with van der Waals surface area (Å²) in [6.45, 7) is 1.57. The van der Waals surface area contributed by atoms with Crippen molar-refractivity contribution >= 4 is 33.6 Å². The highest BCUT2D eigenvalue weighted by molar-refractivity contribution is 9.10. The molecule has 2 rings (SSSR count). The summed E-state index contributed by atoms with van der Waals surface area (Å²) >= 11 is 5.24. The third-order valence-corrected chi connectivity index (χ3v) is 4.29. The predicted octanol–water partition coefficient (Wildman–Crippen LogP) is 1.38. The molecule has 17 heavy (non-hydrogen) atoms. The maximum Gasteiger partial charge on any atom is 0.275 e. The zero-order valence-corrected chi connectivity index (χ0v) is 12.2. The second-order valence-electron chi connectivity index (χ2n) is 3.70. The molecule has 0 radical (unpaired) electrons. The Hall–Kier alpha value is -0.690. The Morgan fingerprint density at radius 2 is 2.12 bits per heavy atom. The average Bonchev–Trinajstić information content (AvgIpc) is 2.64. The molecule has 1 aromatic rings. The molecular formula is C10H14BrN3O2S. The van der Waals surface area contributed by atoms with Crippen molar-refractivity contribution in [2.45, 2.75) is 0 Å². The number of carbonyl (C=O) groups is 1. The van der Waals surface area contributed by atoms with Crippen LogP contribution in [0.15, 0.2) is 4.47 Å². The van der Waals surface area contributed by atoms with E-state index < -0.39 is 0 Å². The maximum atomic E-state index is 12.3. The van der Waals surface area contributed by atoms with Gasteiger partial charge >= 0.3 is 0 Å². The lowest BCUT2D eigenvalue weighted by atomic mass is 10.3. The van der Waals surface area contributed by atoms with Crippen LogP contribution < -0.4 is 4.74 Å². The fourth-order valence-electron chi connectivity index (χ4n) is 1.76. The first-order valence-corrected chi connectivity index (χ1v) is 7.23. The highest BCUT2D eigenvalue weighted by Crippen LogP contribution is 2.29. The minimum Gasteiger partial charge on any atom is -0.480 e. The molecule has 5 nitrogen and oxygen atoms in total. The monoisotopic (exact) mass is 319 g/mol. The number of ether oxygens (including phenoxy) is 1. The van der Waals surface area contributed by atoms with E-state index in [0.29, 0.717) is 16.0 Å². The summed E-state index contributed by atoms with van der Waals surface area (Å²) < 4.78 is 7.37. The molecule has 0 bridgehead atoms. The SMILES string of the molecule is COc1c(Br)c(C(=O)N2CCSCC2)nn1C. The normalized spacial score (nSPS) is 16.1. The van der Waals surface area contributed by atoms with Crippen LogP contribution in [0.2, 0.25) is 0 Å². The Balaban J connectivity index is 2.24. The molecule has 0 aliphatic carbocycles. The third-order valence-electron chi connectivity index (χ3n) is 2.63. The van der Waals surface area contributed by atoms with Crippen LogP contribution in [0.1, 0.15) is 10.5 Å². The van der Waals surface area contributed by atoms with Gasteiger partial charge in [-0.2, -0.15) is 16.9 Å². The van der Waals surface area contributed by atoms with E-state index in [1.165, 1.54) is 0 Å². The maximum absolute atomic E-state index is 12.3. The van der Waals surface area contributed by atoms with Crippen LogP contribution in [0, 0.1) is 0 Å². The largest absolute Gasteiger partial charge is 0.480 e. The molecule has 0 spiro atoms. The molecule has 0 saturated carbocycles. The van der Waals surface area contributed by atoms with Crippen molar-refractivity contribution in [1.29, 1.82) is 0 Å². The number of aromatic nitrogens is 2. The summed E-state index contributed by atoms with van der Waals surface area (Å²) in [6.07, 6.45) is 0. The van der Waals surface area contributed by atoms with Crippen molar-refractivity contribution in [3.63, 3.8) is 0 Å². The lowest BCUT2D eigenvalue weighted by Gasteiger charge is -2.25. The van der Waals surface area contributed by atoms with Crippen LogP contribution in [0.4, 0.5) is 0 Å². The molecule has 0 N–H and O–H groups in total. The zero-order chi connectivity index (χ0) is 12.4. The van der Waals surface area contributed by atoms with Crippen LogP contribution >= 0.6 is 27.7 Å². The molecule has 1 aromatic heterocycles. The highest BCUT2D eigenvalue weighted by Gasteiger charge is 2.26.